The molecule has 4 heterocycles. The molecule has 4 amide bonds. The van der Waals surface area contributed by atoms with Crippen LogP contribution in [-0.2, 0) is 19.1 Å². The molecule has 14 heteroatoms. The summed E-state index contributed by atoms with van der Waals surface area (Å²) in [7, 11) is 0. The van der Waals surface area contributed by atoms with Gasteiger partial charge in [-0.1, -0.05) is 84.9 Å². The molecule has 4 unspecified atom stereocenters. The SMILES string of the molecule is CC(C)(C)OC(=O)NC(C(=O)N1CCCC1c1ncc(-c2ccc(C3CCC(c4cnc(C5CCCN5C(=O)C(NC(=O)OC(C)(C)C)c5ccccc5)[nH]4)CC3)cc2)[nH]1)c1ccccc1. The smallest absolute Gasteiger partial charge is 0.408 e. The number of carbonyl (C=O) groups is 4. The first-order valence-electron chi connectivity index (χ1n) is 23.5. The number of rotatable bonds is 11. The minimum atomic E-state index is -0.896. The molecular formula is C52H64N8O6. The molecule has 0 bridgehead atoms. The number of amides is 4. The number of aromatic amines is 2. The van der Waals surface area contributed by atoms with Crippen LogP contribution in [0, 0.1) is 0 Å². The first kappa shape index (κ1) is 46.1. The highest BCUT2D eigenvalue weighted by molar-refractivity contribution is 5.88. The molecule has 0 radical (unpaired) electrons. The summed E-state index contributed by atoms with van der Waals surface area (Å²) in [6, 6.07) is 25.1. The van der Waals surface area contributed by atoms with Gasteiger partial charge in [0.1, 0.15) is 34.9 Å². The van der Waals surface area contributed by atoms with Crippen LogP contribution in [0.3, 0.4) is 0 Å². The Bertz CT molecular complexity index is 2450. The van der Waals surface area contributed by atoms with Crippen molar-refractivity contribution >= 4 is 24.0 Å². The average molecular weight is 897 g/mol. The maximum Gasteiger partial charge on any atom is 0.408 e. The number of ether oxygens (including phenoxy) is 2. The number of hydrogen-bond acceptors (Lipinski definition) is 8. The summed E-state index contributed by atoms with van der Waals surface area (Å²) in [6.07, 6.45) is 9.88. The van der Waals surface area contributed by atoms with Crippen LogP contribution in [0.15, 0.2) is 97.3 Å². The van der Waals surface area contributed by atoms with E-state index in [1.165, 1.54) is 5.56 Å². The monoisotopic (exact) mass is 896 g/mol. The Morgan fingerprint density at radius 1 is 0.591 bits per heavy atom. The highest BCUT2D eigenvalue weighted by Gasteiger charge is 2.39. The minimum absolute atomic E-state index is 0.178. The molecule has 1 aliphatic carbocycles. The van der Waals surface area contributed by atoms with E-state index in [1.807, 2.05) is 82.9 Å². The van der Waals surface area contributed by atoms with Gasteiger partial charge in [0.2, 0.25) is 0 Å². The van der Waals surface area contributed by atoms with E-state index in [0.717, 1.165) is 80.0 Å². The summed E-state index contributed by atoms with van der Waals surface area (Å²) in [5, 5.41) is 5.68. The molecule has 4 N–H and O–H groups in total. The zero-order chi connectivity index (χ0) is 46.6. The molecule has 66 heavy (non-hydrogen) atoms. The molecule has 3 aromatic carbocycles. The van der Waals surface area contributed by atoms with E-state index < -0.39 is 35.5 Å². The molecule has 0 spiro atoms. The fraction of sp³-hybridized carbons (Fsp3) is 0.462. The van der Waals surface area contributed by atoms with Crippen molar-refractivity contribution in [3.05, 3.63) is 131 Å². The Labute approximate surface area is 387 Å². The molecule has 3 fully saturated rings. The summed E-state index contributed by atoms with van der Waals surface area (Å²) < 4.78 is 11.1. The van der Waals surface area contributed by atoms with Crippen molar-refractivity contribution in [2.24, 2.45) is 0 Å². The molecule has 14 nitrogen and oxygen atoms in total. The van der Waals surface area contributed by atoms with Gasteiger partial charge in [-0.25, -0.2) is 19.6 Å². The number of benzene rings is 3. The van der Waals surface area contributed by atoms with Gasteiger partial charge >= 0.3 is 12.2 Å². The molecule has 4 atom stereocenters. The standard InChI is InChI=1S/C52H64N8O6/c1-51(2,3)65-49(63)57-43(37-15-9-7-10-16-37)47(61)59-29-13-19-41(59)45-53-31-39(55-45)35-25-21-33(22-26-35)34-23-27-36(28-24-34)40-32-54-46(56-40)42-20-14-30-60(42)48(62)44(38-17-11-8-12-18-38)58-50(64)66-52(4,5)6/h7-12,15-18,21-22,25-26,31-32,34,36,41-44H,13-14,19-20,23-24,27-30H2,1-6H3,(H,53,55)(H,54,56)(H,57,63)(H,58,64). The van der Waals surface area contributed by atoms with Crippen LogP contribution in [0.2, 0.25) is 0 Å². The van der Waals surface area contributed by atoms with Crippen molar-refractivity contribution in [2.45, 2.75) is 140 Å². The Hall–Kier alpha value is -6.44. The van der Waals surface area contributed by atoms with Gasteiger partial charge in [-0.15, -0.1) is 0 Å². The number of nitrogens with zero attached hydrogens (tertiary/aromatic N) is 4. The topological polar surface area (TPSA) is 175 Å². The maximum atomic E-state index is 14.2. The lowest BCUT2D eigenvalue weighted by molar-refractivity contribution is -0.135. The number of hydrogen-bond donors (Lipinski definition) is 4. The predicted molar refractivity (Wildman–Crippen MR) is 251 cm³/mol. The van der Waals surface area contributed by atoms with E-state index >= 15 is 0 Å². The van der Waals surface area contributed by atoms with Crippen LogP contribution >= 0.6 is 0 Å². The Morgan fingerprint density at radius 2 is 1.05 bits per heavy atom. The van der Waals surface area contributed by atoms with Crippen molar-refractivity contribution in [3.8, 4) is 11.3 Å². The Balaban J connectivity index is 0.876. The summed E-state index contributed by atoms with van der Waals surface area (Å²) in [5.41, 5.74) is 4.32. The summed E-state index contributed by atoms with van der Waals surface area (Å²) >= 11 is 0. The minimum Gasteiger partial charge on any atom is -0.444 e. The van der Waals surface area contributed by atoms with Crippen molar-refractivity contribution in [3.63, 3.8) is 0 Å². The van der Waals surface area contributed by atoms with Crippen molar-refractivity contribution in [1.29, 1.82) is 0 Å². The summed E-state index contributed by atoms with van der Waals surface area (Å²) in [4.78, 5) is 74.6. The average Bonchev–Trinajstić information content (AvgIpc) is 4.14. The highest BCUT2D eigenvalue weighted by atomic mass is 16.6. The second kappa shape index (κ2) is 19.6. The normalized spacial score (nSPS) is 20.9. The molecule has 2 aromatic heterocycles. The fourth-order valence-corrected chi connectivity index (χ4v) is 9.73. The molecule has 3 aliphatic rings. The molecule has 5 aromatic rings. The summed E-state index contributed by atoms with van der Waals surface area (Å²) in [6.45, 7) is 11.9. The van der Waals surface area contributed by atoms with E-state index in [0.29, 0.717) is 36.1 Å². The highest BCUT2D eigenvalue weighted by Crippen LogP contribution is 2.42. The van der Waals surface area contributed by atoms with Gasteiger partial charge < -0.3 is 39.9 Å². The second-order valence-corrected chi connectivity index (χ2v) is 19.9. The van der Waals surface area contributed by atoms with Crippen LogP contribution in [-0.4, -0.2) is 78.0 Å². The molecule has 2 aliphatic heterocycles. The number of H-pyrrole nitrogens is 2. The first-order valence-corrected chi connectivity index (χ1v) is 23.5. The van der Waals surface area contributed by atoms with E-state index in [-0.39, 0.29) is 23.9 Å². The van der Waals surface area contributed by atoms with Crippen molar-refractivity contribution < 1.29 is 28.7 Å². The molecule has 1 saturated carbocycles. The number of likely N-dealkylation sites (tertiary alicyclic amines) is 2. The van der Waals surface area contributed by atoms with Gasteiger partial charge in [-0.2, -0.15) is 0 Å². The van der Waals surface area contributed by atoms with Crippen LogP contribution in [0.4, 0.5) is 9.59 Å². The third-order valence-electron chi connectivity index (χ3n) is 12.9. The third kappa shape index (κ3) is 11.0. The van der Waals surface area contributed by atoms with E-state index in [4.69, 9.17) is 19.4 Å². The number of nitrogens with one attached hydrogen (secondary N) is 4. The van der Waals surface area contributed by atoms with Crippen LogP contribution in [0.1, 0.15) is 163 Å². The Kier molecular flexibility index (Phi) is 13.7. The van der Waals surface area contributed by atoms with Crippen molar-refractivity contribution in [2.75, 3.05) is 13.1 Å². The third-order valence-corrected chi connectivity index (χ3v) is 12.9. The van der Waals surface area contributed by atoms with Crippen LogP contribution < -0.4 is 10.6 Å². The zero-order valence-corrected chi connectivity index (χ0v) is 39.0. The number of carbonyl (C=O) groups excluding carboxylic acids is 4. The molecule has 8 rings (SSSR count). The van der Waals surface area contributed by atoms with Gasteiger partial charge in [-0.05, 0) is 121 Å². The molecular weight excluding hydrogens is 833 g/mol. The first-order chi connectivity index (χ1) is 31.6. The Morgan fingerprint density at radius 3 is 1.53 bits per heavy atom. The number of aromatic nitrogens is 4. The van der Waals surface area contributed by atoms with Crippen LogP contribution in [0.5, 0.6) is 0 Å². The molecule has 2 saturated heterocycles. The van der Waals surface area contributed by atoms with Crippen molar-refractivity contribution in [1.82, 2.24) is 40.4 Å². The van der Waals surface area contributed by atoms with Crippen LogP contribution in [0.25, 0.3) is 11.3 Å². The van der Waals surface area contributed by atoms with Gasteiger partial charge in [0.25, 0.3) is 11.8 Å². The zero-order valence-electron chi connectivity index (χ0n) is 39.0. The van der Waals surface area contributed by atoms with Gasteiger partial charge in [0, 0.05) is 30.9 Å². The predicted octanol–water partition coefficient (Wildman–Crippen LogP) is 10.1. The largest absolute Gasteiger partial charge is 0.444 e. The maximum absolute atomic E-state index is 14.2. The van der Waals surface area contributed by atoms with Gasteiger partial charge in [-0.3, -0.25) is 9.59 Å². The lowest BCUT2D eigenvalue weighted by Crippen LogP contribution is -2.44. The molecule has 348 valence electrons. The lowest BCUT2D eigenvalue weighted by atomic mass is 9.77. The van der Waals surface area contributed by atoms with Gasteiger partial charge in [0.05, 0.1) is 24.0 Å². The van der Waals surface area contributed by atoms with E-state index in [9.17, 15) is 19.2 Å². The summed E-state index contributed by atoms with van der Waals surface area (Å²) in [5.74, 6) is 1.93. The van der Waals surface area contributed by atoms with E-state index in [1.54, 1.807) is 41.5 Å². The number of imidazole rings is 2. The second-order valence-electron chi connectivity index (χ2n) is 19.9. The number of alkyl carbamates (subject to hydrolysis) is 2. The fourth-order valence-electron chi connectivity index (χ4n) is 9.73. The van der Waals surface area contributed by atoms with Gasteiger partial charge in [0.15, 0.2) is 0 Å². The lowest BCUT2D eigenvalue weighted by Gasteiger charge is -2.30. The quantitative estimate of drug-likeness (QED) is 0.101. The van der Waals surface area contributed by atoms with E-state index in [2.05, 4.69) is 44.9 Å².